The molecule has 2 atom stereocenters. The third-order valence-corrected chi connectivity index (χ3v) is 5.21. The Labute approximate surface area is 146 Å². The topological polar surface area (TPSA) is 39.5 Å². The highest BCUT2D eigenvalue weighted by Gasteiger charge is 2.26. The molecule has 0 bridgehead atoms. The molecule has 2 aliphatic heterocycles. The van der Waals surface area contributed by atoms with Crippen molar-refractivity contribution in [3.8, 4) is 6.07 Å². The van der Waals surface area contributed by atoms with Crippen LogP contribution < -0.4 is 0 Å². The van der Waals surface area contributed by atoms with E-state index in [9.17, 15) is 0 Å². The Balaban J connectivity index is 1.43. The summed E-state index contributed by atoms with van der Waals surface area (Å²) >= 11 is 0. The monoisotopic (exact) mass is 327 g/mol. The van der Waals surface area contributed by atoms with Gasteiger partial charge in [0.2, 0.25) is 0 Å². The van der Waals surface area contributed by atoms with Gasteiger partial charge >= 0.3 is 0 Å². The third-order valence-electron chi connectivity index (χ3n) is 5.21. The van der Waals surface area contributed by atoms with E-state index in [0.29, 0.717) is 12.2 Å². The van der Waals surface area contributed by atoms with Crippen molar-refractivity contribution in [1.82, 2.24) is 9.80 Å². The second-order valence-electron chi connectivity index (χ2n) is 7.50. The van der Waals surface area contributed by atoms with Crippen molar-refractivity contribution >= 4 is 0 Å². The van der Waals surface area contributed by atoms with Crippen LogP contribution in [0.4, 0.5) is 0 Å². The molecule has 3 rings (SSSR count). The smallest absolute Gasteiger partial charge is 0.0991 e. The molecule has 0 spiro atoms. The molecule has 2 aliphatic rings. The zero-order valence-electron chi connectivity index (χ0n) is 14.9. The van der Waals surface area contributed by atoms with Gasteiger partial charge in [0.1, 0.15) is 0 Å². The summed E-state index contributed by atoms with van der Waals surface area (Å²) in [5.41, 5.74) is 2.05. The minimum Gasteiger partial charge on any atom is -0.373 e. The number of morpholine rings is 1. The number of hydrogen-bond donors (Lipinski definition) is 0. The molecule has 2 fully saturated rings. The first-order valence-corrected chi connectivity index (χ1v) is 9.21. The summed E-state index contributed by atoms with van der Waals surface area (Å²) in [6.07, 6.45) is 3.31. The minimum absolute atomic E-state index is 0.366. The fourth-order valence-corrected chi connectivity index (χ4v) is 4.07. The number of ether oxygens (including phenoxy) is 1. The fourth-order valence-electron chi connectivity index (χ4n) is 4.07. The van der Waals surface area contributed by atoms with Gasteiger partial charge in [-0.1, -0.05) is 12.1 Å². The van der Waals surface area contributed by atoms with Crippen molar-refractivity contribution in [3.05, 3.63) is 35.4 Å². The number of rotatable bonds is 4. The molecule has 0 saturated carbocycles. The molecule has 2 heterocycles. The van der Waals surface area contributed by atoms with Gasteiger partial charge in [0.25, 0.3) is 0 Å². The van der Waals surface area contributed by atoms with E-state index in [1.54, 1.807) is 0 Å². The Bertz CT molecular complexity index is 547. The van der Waals surface area contributed by atoms with Crippen molar-refractivity contribution < 1.29 is 4.74 Å². The lowest BCUT2D eigenvalue weighted by molar-refractivity contribution is -0.0732. The quantitative estimate of drug-likeness (QED) is 0.852. The number of nitrogens with zero attached hydrogens (tertiary/aromatic N) is 3. The molecule has 1 aromatic rings. The number of likely N-dealkylation sites (tertiary alicyclic amines) is 1. The van der Waals surface area contributed by atoms with Gasteiger partial charge in [0.15, 0.2) is 0 Å². The standard InChI is InChI=1S/C20H29N3O/c1-16-12-23(13-17(2)24-16)15-20-7-9-22(10-8-20)14-19-5-3-18(11-21)4-6-19/h3-6,16-17,20H,7-10,12-15H2,1-2H3. The molecule has 0 amide bonds. The van der Waals surface area contributed by atoms with E-state index < -0.39 is 0 Å². The average Bonchev–Trinajstić information content (AvgIpc) is 2.56. The second-order valence-corrected chi connectivity index (χ2v) is 7.50. The molecule has 2 saturated heterocycles. The zero-order valence-corrected chi connectivity index (χ0v) is 14.9. The van der Waals surface area contributed by atoms with Gasteiger partial charge in [-0.15, -0.1) is 0 Å². The number of benzene rings is 1. The predicted molar refractivity (Wildman–Crippen MR) is 95.6 cm³/mol. The highest BCUT2D eigenvalue weighted by molar-refractivity contribution is 5.31. The molecule has 0 aromatic heterocycles. The summed E-state index contributed by atoms with van der Waals surface area (Å²) < 4.78 is 5.84. The van der Waals surface area contributed by atoms with Crippen molar-refractivity contribution in [1.29, 1.82) is 5.26 Å². The van der Waals surface area contributed by atoms with E-state index >= 15 is 0 Å². The maximum Gasteiger partial charge on any atom is 0.0991 e. The lowest BCUT2D eigenvalue weighted by atomic mass is 9.95. The van der Waals surface area contributed by atoms with Crippen LogP contribution in [-0.4, -0.2) is 54.7 Å². The SMILES string of the molecule is CC1CN(CC2CCN(Cc3ccc(C#N)cc3)CC2)CC(C)O1. The Morgan fingerprint density at radius 3 is 2.25 bits per heavy atom. The Morgan fingerprint density at radius 1 is 1.04 bits per heavy atom. The summed E-state index contributed by atoms with van der Waals surface area (Å²) in [6.45, 7) is 11.1. The lowest BCUT2D eigenvalue weighted by Gasteiger charge is -2.39. The van der Waals surface area contributed by atoms with Crippen LogP contribution in [-0.2, 0) is 11.3 Å². The lowest BCUT2D eigenvalue weighted by Crippen LogP contribution is -2.48. The first-order chi connectivity index (χ1) is 11.6. The number of nitriles is 1. The normalized spacial score (nSPS) is 27.0. The highest BCUT2D eigenvalue weighted by Crippen LogP contribution is 2.22. The molecule has 0 radical (unpaired) electrons. The van der Waals surface area contributed by atoms with E-state index in [-0.39, 0.29) is 0 Å². The van der Waals surface area contributed by atoms with Crippen LogP contribution >= 0.6 is 0 Å². The van der Waals surface area contributed by atoms with E-state index in [4.69, 9.17) is 10.00 Å². The summed E-state index contributed by atoms with van der Waals surface area (Å²) in [5.74, 6) is 0.819. The maximum atomic E-state index is 8.87. The summed E-state index contributed by atoms with van der Waals surface area (Å²) in [5, 5.41) is 8.87. The summed E-state index contributed by atoms with van der Waals surface area (Å²) in [7, 11) is 0. The molecule has 1 aromatic carbocycles. The molecule has 130 valence electrons. The molecule has 24 heavy (non-hydrogen) atoms. The first-order valence-electron chi connectivity index (χ1n) is 9.21. The second kappa shape index (κ2) is 8.11. The molecular formula is C20H29N3O. The molecule has 2 unspecified atom stereocenters. The van der Waals surface area contributed by atoms with E-state index in [2.05, 4.69) is 41.8 Å². The largest absolute Gasteiger partial charge is 0.373 e. The van der Waals surface area contributed by atoms with Crippen LogP contribution in [0, 0.1) is 17.2 Å². The van der Waals surface area contributed by atoms with E-state index in [0.717, 1.165) is 31.1 Å². The van der Waals surface area contributed by atoms with Crippen molar-refractivity contribution in [2.45, 2.75) is 45.4 Å². The predicted octanol–water partition coefficient (Wildman–Crippen LogP) is 2.88. The average molecular weight is 327 g/mol. The van der Waals surface area contributed by atoms with Gasteiger partial charge in [-0.25, -0.2) is 0 Å². The van der Waals surface area contributed by atoms with Crippen molar-refractivity contribution in [2.75, 3.05) is 32.7 Å². The van der Waals surface area contributed by atoms with Crippen LogP contribution in [0.5, 0.6) is 0 Å². The molecule has 0 aliphatic carbocycles. The number of hydrogen-bond acceptors (Lipinski definition) is 4. The highest BCUT2D eigenvalue weighted by atomic mass is 16.5. The van der Waals surface area contributed by atoms with Gasteiger partial charge in [0, 0.05) is 26.2 Å². The maximum absolute atomic E-state index is 8.87. The number of piperidine rings is 1. The Morgan fingerprint density at radius 2 is 1.67 bits per heavy atom. The third kappa shape index (κ3) is 4.80. The van der Waals surface area contributed by atoms with Crippen LogP contribution in [0.15, 0.2) is 24.3 Å². The van der Waals surface area contributed by atoms with Crippen molar-refractivity contribution in [2.24, 2.45) is 5.92 Å². The van der Waals surface area contributed by atoms with Gasteiger partial charge in [0.05, 0.1) is 23.8 Å². The molecular weight excluding hydrogens is 298 g/mol. The van der Waals surface area contributed by atoms with E-state index in [1.807, 2.05) is 12.1 Å². The Kier molecular flexibility index (Phi) is 5.89. The van der Waals surface area contributed by atoms with Crippen LogP contribution in [0.3, 0.4) is 0 Å². The van der Waals surface area contributed by atoms with Crippen molar-refractivity contribution in [3.63, 3.8) is 0 Å². The van der Waals surface area contributed by atoms with Gasteiger partial charge < -0.3 is 4.74 Å². The van der Waals surface area contributed by atoms with Gasteiger partial charge in [-0.2, -0.15) is 5.26 Å². The first kappa shape index (κ1) is 17.4. The zero-order chi connectivity index (χ0) is 16.9. The van der Waals surface area contributed by atoms with E-state index in [1.165, 1.54) is 38.0 Å². The van der Waals surface area contributed by atoms with Gasteiger partial charge in [-0.3, -0.25) is 9.80 Å². The summed E-state index contributed by atoms with van der Waals surface area (Å²) in [6, 6.07) is 10.2. The fraction of sp³-hybridized carbons (Fsp3) is 0.650. The van der Waals surface area contributed by atoms with Gasteiger partial charge in [-0.05, 0) is 63.4 Å². The Hall–Kier alpha value is -1.41. The minimum atomic E-state index is 0.366. The van der Waals surface area contributed by atoms with Crippen LogP contribution in [0.2, 0.25) is 0 Å². The molecule has 4 heteroatoms. The molecule has 0 N–H and O–H groups in total. The summed E-state index contributed by atoms with van der Waals surface area (Å²) in [4.78, 5) is 5.14. The van der Waals surface area contributed by atoms with Crippen LogP contribution in [0.25, 0.3) is 0 Å². The molecule has 4 nitrogen and oxygen atoms in total. The van der Waals surface area contributed by atoms with Crippen LogP contribution in [0.1, 0.15) is 37.8 Å².